The molecule has 0 radical (unpaired) electrons. The molecule has 0 heterocycles. The average molecular weight is 250 g/mol. The van der Waals surface area contributed by atoms with Crippen molar-refractivity contribution in [3.05, 3.63) is 35.6 Å². The van der Waals surface area contributed by atoms with Gasteiger partial charge in [-0.05, 0) is 36.4 Å². The molecule has 4 heteroatoms. The van der Waals surface area contributed by atoms with E-state index in [1.807, 2.05) is 0 Å². The summed E-state index contributed by atoms with van der Waals surface area (Å²) in [4.78, 5) is 11.7. The van der Waals surface area contributed by atoms with E-state index < -0.39 is 0 Å². The highest BCUT2D eigenvalue weighted by Crippen LogP contribution is 2.39. The van der Waals surface area contributed by atoms with Crippen molar-refractivity contribution in [2.45, 2.75) is 25.7 Å². The molecule has 3 N–H and O–H groups in total. The smallest absolute Gasteiger partial charge is 0.224 e. The highest BCUT2D eigenvalue weighted by Gasteiger charge is 2.35. The Kier molecular flexibility index (Phi) is 3.97. The Hall–Kier alpha value is -1.42. The molecule has 3 nitrogen and oxygen atoms in total. The summed E-state index contributed by atoms with van der Waals surface area (Å²) in [5, 5.41) is 2.87. The molecule has 1 aliphatic rings. The van der Waals surface area contributed by atoms with Crippen molar-refractivity contribution in [2.75, 3.05) is 13.1 Å². The summed E-state index contributed by atoms with van der Waals surface area (Å²) in [5.41, 5.74) is 6.24. The third-order valence-electron chi connectivity index (χ3n) is 3.82. The van der Waals surface area contributed by atoms with Crippen LogP contribution in [-0.2, 0) is 11.2 Å². The molecule has 1 fully saturated rings. The topological polar surface area (TPSA) is 55.1 Å². The number of amides is 1. The van der Waals surface area contributed by atoms with Gasteiger partial charge in [0.2, 0.25) is 5.91 Å². The molecule has 1 aliphatic carbocycles. The summed E-state index contributed by atoms with van der Waals surface area (Å²) in [6.07, 6.45) is 3.42. The third-order valence-corrected chi connectivity index (χ3v) is 3.82. The fourth-order valence-corrected chi connectivity index (χ4v) is 2.29. The molecule has 0 aromatic heterocycles. The lowest BCUT2D eigenvalue weighted by atomic mass is 9.69. The minimum absolute atomic E-state index is 0.0882. The van der Waals surface area contributed by atoms with E-state index in [1.165, 1.54) is 12.5 Å². The van der Waals surface area contributed by atoms with E-state index in [-0.39, 0.29) is 23.6 Å². The van der Waals surface area contributed by atoms with Gasteiger partial charge in [-0.15, -0.1) is 0 Å². The van der Waals surface area contributed by atoms with E-state index in [2.05, 4.69) is 5.32 Å². The SMILES string of the molecule is NCC1(CNC(=O)Cc2ccccc2F)CCC1. The maximum absolute atomic E-state index is 13.4. The lowest BCUT2D eigenvalue weighted by molar-refractivity contribution is -0.121. The van der Waals surface area contributed by atoms with Gasteiger partial charge in [0.05, 0.1) is 6.42 Å². The summed E-state index contributed by atoms with van der Waals surface area (Å²) in [6, 6.07) is 6.36. The number of halogens is 1. The van der Waals surface area contributed by atoms with Crippen LogP contribution >= 0.6 is 0 Å². The lowest BCUT2D eigenvalue weighted by Crippen LogP contribution is -2.47. The van der Waals surface area contributed by atoms with E-state index >= 15 is 0 Å². The molecule has 1 aromatic carbocycles. The molecule has 0 spiro atoms. The van der Waals surface area contributed by atoms with E-state index in [0.29, 0.717) is 18.7 Å². The van der Waals surface area contributed by atoms with Gasteiger partial charge in [-0.2, -0.15) is 0 Å². The first-order chi connectivity index (χ1) is 8.65. The van der Waals surface area contributed by atoms with Crippen LogP contribution in [0.4, 0.5) is 4.39 Å². The molecule has 1 amide bonds. The highest BCUT2D eigenvalue weighted by atomic mass is 19.1. The van der Waals surface area contributed by atoms with Crippen LogP contribution in [0.5, 0.6) is 0 Å². The van der Waals surface area contributed by atoms with Crippen LogP contribution in [0.15, 0.2) is 24.3 Å². The summed E-state index contributed by atoms with van der Waals surface area (Å²) >= 11 is 0. The van der Waals surface area contributed by atoms with E-state index in [9.17, 15) is 9.18 Å². The van der Waals surface area contributed by atoms with Crippen molar-refractivity contribution in [2.24, 2.45) is 11.1 Å². The number of benzene rings is 1. The van der Waals surface area contributed by atoms with Gasteiger partial charge in [-0.25, -0.2) is 4.39 Å². The van der Waals surface area contributed by atoms with Crippen molar-refractivity contribution in [1.82, 2.24) is 5.32 Å². The molecule has 0 bridgehead atoms. The Morgan fingerprint density at radius 1 is 1.39 bits per heavy atom. The zero-order valence-electron chi connectivity index (χ0n) is 10.4. The first-order valence-electron chi connectivity index (χ1n) is 6.35. The van der Waals surface area contributed by atoms with Crippen LogP contribution in [0.3, 0.4) is 0 Å². The molecule has 0 aliphatic heterocycles. The van der Waals surface area contributed by atoms with Crippen LogP contribution in [0.25, 0.3) is 0 Å². The molecule has 2 rings (SSSR count). The highest BCUT2D eigenvalue weighted by molar-refractivity contribution is 5.78. The van der Waals surface area contributed by atoms with Crippen LogP contribution in [0, 0.1) is 11.2 Å². The maximum Gasteiger partial charge on any atom is 0.224 e. The zero-order chi connectivity index (χ0) is 13.0. The molecule has 98 valence electrons. The van der Waals surface area contributed by atoms with Crippen molar-refractivity contribution >= 4 is 5.91 Å². The summed E-state index contributed by atoms with van der Waals surface area (Å²) in [7, 11) is 0. The Balaban J connectivity index is 1.84. The predicted octanol–water partition coefficient (Wildman–Crippen LogP) is 1.61. The van der Waals surface area contributed by atoms with E-state index in [4.69, 9.17) is 5.73 Å². The second-order valence-electron chi connectivity index (χ2n) is 5.10. The van der Waals surface area contributed by atoms with Crippen molar-refractivity contribution in [3.63, 3.8) is 0 Å². The van der Waals surface area contributed by atoms with Gasteiger partial charge in [0, 0.05) is 6.54 Å². The first kappa shape index (κ1) is 13.0. The largest absolute Gasteiger partial charge is 0.355 e. The number of hydrogen-bond acceptors (Lipinski definition) is 2. The lowest BCUT2D eigenvalue weighted by Gasteiger charge is -2.41. The van der Waals surface area contributed by atoms with Gasteiger partial charge in [0.1, 0.15) is 5.82 Å². The van der Waals surface area contributed by atoms with E-state index in [0.717, 1.165) is 12.8 Å². The summed E-state index contributed by atoms with van der Waals surface area (Å²) < 4.78 is 13.4. The first-order valence-corrected chi connectivity index (χ1v) is 6.35. The molecule has 0 atom stereocenters. The Morgan fingerprint density at radius 3 is 2.67 bits per heavy atom. The van der Waals surface area contributed by atoms with Crippen molar-refractivity contribution in [1.29, 1.82) is 0 Å². The molecule has 1 aromatic rings. The van der Waals surface area contributed by atoms with Gasteiger partial charge in [-0.1, -0.05) is 24.6 Å². The predicted molar refractivity (Wildman–Crippen MR) is 68.5 cm³/mol. The quantitative estimate of drug-likeness (QED) is 0.834. The minimum atomic E-state index is -0.329. The van der Waals surface area contributed by atoms with Gasteiger partial charge in [0.25, 0.3) is 0 Å². The standard InChI is InChI=1S/C14H19FN2O/c15-12-5-2-1-4-11(12)8-13(18)17-10-14(9-16)6-3-7-14/h1-2,4-5H,3,6-10,16H2,(H,17,18). The number of nitrogens with two attached hydrogens (primary N) is 1. The van der Waals surface area contributed by atoms with Crippen LogP contribution in [0.2, 0.25) is 0 Å². The Labute approximate surface area is 107 Å². The van der Waals surface area contributed by atoms with Crippen LogP contribution in [-0.4, -0.2) is 19.0 Å². The number of carbonyl (C=O) groups is 1. The zero-order valence-corrected chi connectivity index (χ0v) is 10.4. The fraction of sp³-hybridized carbons (Fsp3) is 0.500. The van der Waals surface area contributed by atoms with Crippen LogP contribution < -0.4 is 11.1 Å². The van der Waals surface area contributed by atoms with Crippen molar-refractivity contribution < 1.29 is 9.18 Å². The second kappa shape index (κ2) is 5.48. The van der Waals surface area contributed by atoms with Gasteiger partial charge in [-0.3, -0.25) is 4.79 Å². The number of hydrogen-bond donors (Lipinski definition) is 2. The van der Waals surface area contributed by atoms with Crippen LogP contribution in [0.1, 0.15) is 24.8 Å². The number of rotatable bonds is 5. The molecule has 1 saturated carbocycles. The van der Waals surface area contributed by atoms with E-state index in [1.54, 1.807) is 18.2 Å². The summed E-state index contributed by atoms with van der Waals surface area (Å²) in [6.45, 7) is 1.21. The molecule has 18 heavy (non-hydrogen) atoms. The molecular weight excluding hydrogens is 231 g/mol. The minimum Gasteiger partial charge on any atom is -0.355 e. The number of carbonyl (C=O) groups excluding carboxylic acids is 1. The Bertz CT molecular complexity index is 424. The fourth-order valence-electron chi connectivity index (χ4n) is 2.29. The summed E-state index contributed by atoms with van der Waals surface area (Å²) in [5.74, 6) is -0.468. The average Bonchev–Trinajstić information content (AvgIpc) is 2.31. The normalized spacial score (nSPS) is 17.0. The van der Waals surface area contributed by atoms with Gasteiger partial charge >= 0.3 is 0 Å². The second-order valence-corrected chi connectivity index (χ2v) is 5.10. The molecular formula is C14H19FN2O. The van der Waals surface area contributed by atoms with Gasteiger partial charge < -0.3 is 11.1 Å². The number of nitrogens with one attached hydrogen (secondary N) is 1. The third kappa shape index (κ3) is 2.88. The molecule has 0 saturated heterocycles. The van der Waals surface area contributed by atoms with Gasteiger partial charge in [0.15, 0.2) is 0 Å². The van der Waals surface area contributed by atoms with Crippen molar-refractivity contribution in [3.8, 4) is 0 Å². The molecule has 0 unspecified atom stereocenters. The maximum atomic E-state index is 13.4. The Morgan fingerprint density at radius 2 is 2.11 bits per heavy atom. The monoisotopic (exact) mass is 250 g/mol.